The first-order chi connectivity index (χ1) is 17.9. The molecule has 0 atom stereocenters. The molecule has 0 saturated carbocycles. The zero-order valence-electron chi connectivity index (χ0n) is 21.5. The minimum Gasteiger partial charge on any atom is -0.493 e. The number of halogens is 1. The fraction of sp³-hybridized carbons (Fsp3) is 0.276. The van der Waals surface area contributed by atoms with Crippen LogP contribution in [0.3, 0.4) is 0 Å². The molecule has 4 rings (SSSR count). The van der Waals surface area contributed by atoms with E-state index >= 15 is 0 Å². The molecule has 0 unspecified atom stereocenters. The minimum atomic E-state index is -0.217. The van der Waals surface area contributed by atoms with Gasteiger partial charge in [0.2, 0.25) is 5.75 Å². The number of hydrogen-bond acceptors (Lipinski definition) is 6. The third kappa shape index (κ3) is 6.20. The number of aromatic nitrogens is 2. The van der Waals surface area contributed by atoms with Gasteiger partial charge in [0, 0.05) is 16.5 Å². The maximum absolute atomic E-state index is 13.3. The number of methoxy groups -OCH3 is 2. The van der Waals surface area contributed by atoms with Crippen LogP contribution < -0.4 is 19.8 Å². The molecule has 0 bridgehead atoms. The van der Waals surface area contributed by atoms with Crippen LogP contribution in [-0.4, -0.2) is 30.1 Å². The molecule has 0 aliphatic rings. The van der Waals surface area contributed by atoms with Gasteiger partial charge < -0.3 is 14.2 Å². The van der Waals surface area contributed by atoms with Crippen molar-refractivity contribution in [1.82, 2.24) is 9.66 Å². The van der Waals surface area contributed by atoms with E-state index < -0.39 is 0 Å². The predicted molar refractivity (Wildman–Crippen MR) is 150 cm³/mol. The third-order valence-corrected chi connectivity index (χ3v) is 6.43. The van der Waals surface area contributed by atoms with E-state index in [1.165, 1.54) is 10.2 Å². The van der Waals surface area contributed by atoms with Crippen molar-refractivity contribution in [1.29, 1.82) is 0 Å². The summed E-state index contributed by atoms with van der Waals surface area (Å²) in [5.41, 5.74) is 3.36. The molecule has 3 aromatic carbocycles. The van der Waals surface area contributed by atoms with Crippen LogP contribution in [0.2, 0.25) is 0 Å². The summed E-state index contributed by atoms with van der Waals surface area (Å²) in [6.45, 7) is 4.52. The standard InChI is InChI=1S/C29H30BrN3O4/c1-5-6-7-27-32-24-13-12-22(30)16-23(24)29(34)33(27)31-17-21-14-25(35-3)28(26(15-21)36-4)37-18-20-10-8-19(2)9-11-20/h8-17H,5-7,18H2,1-4H3. The van der Waals surface area contributed by atoms with Crippen molar-refractivity contribution >= 4 is 33.0 Å². The van der Waals surface area contributed by atoms with Gasteiger partial charge in [-0.1, -0.05) is 59.1 Å². The van der Waals surface area contributed by atoms with Crippen molar-refractivity contribution in [3.8, 4) is 17.2 Å². The molecule has 0 radical (unpaired) electrons. The van der Waals surface area contributed by atoms with Crippen LogP contribution in [0.4, 0.5) is 0 Å². The van der Waals surface area contributed by atoms with E-state index in [1.54, 1.807) is 38.6 Å². The monoisotopic (exact) mass is 563 g/mol. The Morgan fingerprint density at radius 2 is 1.73 bits per heavy atom. The lowest BCUT2D eigenvalue weighted by Crippen LogP contribution is -2.22. The first kappa shape index (κ1) is 26.4. The van der Waals surface area contributed by atoms with E-state index in [0.29, 0.717) is 52.6 Å². The lowest BCUT2D eigenvalue weighted by atomic mass is 10.1. The van der Waals surface area contributed by atoms with E-state index in [2.05, 4.69) is 28.0 Å². The van der Waals surface area contributed by atoms with Gasteiger partial charge in [0.05, 0.1) is 31.3 Å². The van der Waals surface area contributed by atoms with Gasteiger partial charge in [-0.3, -0.25) is 4.79 Å². The molecule has 0 fully saturated rings. The molecule has 0 aliphatic heterocycles. The van der Waals surface area contributed by atoms with Crippen molar-refractivity contribution in [2.24, 2.45) is 5.10 Å². The van der Waals surface area contributed by atoms with Crippen molar-refractivity contribution in [2.75, 3.05) is 14.2 Å². The Labute approximate surface area is 224 Å². The molecule has 0 spiro atoms. The molecule has 1 heterocycles. The van der Waals surface area contributed by atoms with E-state index in [-0.39, 0.29) is 5.56 Å². The van der Waals surface area contributed by atoms with E-state index in [0.717, 1.165) is 22.9 Å². The van der Waals surface area contributed by atoms with Crippen molar-refractivity contribution in [2.45, 2.75) is 39.7 Å². The fourth-order valence-electron chi connectivity index (χ4n) is 3.89. The zero-order valence-corrected chi connectivity index (χ0v) is 23.0. The summed E-state index contributed by atoms with van der Waals surface area (Å²) in [5, 5.41) is 5.04. The van der Waals surface area contributed by atoms with Crippen molar-refractivity contribution in [3.63, 3.8) is 0 Å². The van der Waals surface area contributed by atoms with Gasteiger partial charge in [-0.15, -0.1) is 0 Å². The number of hydrogen-bond donors (Lipinski definition) is 0. The molecule has 0 N–H and O–H groups in total. The van der Waals surface area contributed by atoms with Crippen LogP contribution in [0.15, 0.2) is 69.0 Å². The van der Waals surface area contributed by atoms with Crippen LogP contribution >= 0.6 is 15.9 Å². The smallest absolute Gasteiger partial charge is 0.282 e. The maximum Gasteiger partial charge on any atom is 0.282 e. The van der Waals surface area contributed by atoms with Gasteiger partial charge in [-0.25, -0.2) is 4.98 Å². The lowest BCUT2D eigenvalue weighted by Gasteiger charge is -2.15. The SMILES string of the molecule is CCCCc1nc2ccc(Br)cc2c(=O)n1N=Cc1cc(OC)c(OCc2ccc(C)cc2)c(OC)c1. The van der Waals surface area contributed by atoms with Crippen LogP contribution in [0.25, 0.3) is 10.9 Å². The van der Waals surface area contributed by atoms with Gasteiger partial charge in [0.25, 0.3) is 5.56 Å². The number of aryl methyl sites for hydroxylation is 2. The number of rotatable bonds is 10. The highest BCUT2D eigenvalue weighted by atomic mass is 79.9. The van der Waals surface area contributed by atoms with Crippen LogP contribution in [0, 0.1) is 6.92 Å². The Morgan fingerprint density at radius 1 is 1.03 bits per heavy atom. The van der Waals surface area contributed by atoms with Crippen LogP contribution in [-0.2, 0) is 13.0 Å². The Hall–Kier alpha value is -3.65. The quantitative estimate of drug-likeness (QED) is 0.212. The van der Waals surface area contributed by atoms with Gasteiger partial charge in [0.15, 0.2) is 11.5 Å². The van der Waals surface area contributed by atoms with Crippen LogP contribution in [0.5, 0.6) is 17.2 Å². The summed E-state index contributed by atoms with van der Waals surface area (Å²) in [4.78, 5) is 18.1. The topological polar surface area (TPSA) is 74.9 Å². The number of fused-ring (bicyclic) bond motifs is 1. The summed E-state index contributed by atoms with van der Waals surface area (Å²) >= 11 is 3.44. The predicted octanol–water partition coefficient (Wildman–Crippen LogP) is 6.29. The first-order valence-corrected chi connectivity index (χ1v) is 12.9. The van der Waals surface area contributed by atoms with E-state index in [9.17, 15) is 4.79 Å². The summed E-state index contributed by atoms with van der Waals surface area (Å²) < 4.78 is 19.5. The summed E-state index contributed by atoms with van der Waals surface area (Å²) in [7, 11) is 3.15. The molecule has 0 aliphatic carbocycles. The Balaban J connectivity index is 1.69. The Morgan fingerprint density at radius 3 is 2.38 bits per heavy atom. The van der Waals surface area contributed by atoms with Gasteiger partial charge >= 0.3 is 0 Å². The first-order valence-electron chi connectivity index (χ1n) is 12.1. The molecule has 7 nitrogen and oxygen atoms in total. The molecule has 192 valence electrons. The van der Waals surface area contributed by atoms with Gasteiger partial charge in [0.1, 0.15) is 12.4 Å². The van der Waals surface area contributed by atoms with Crippen LogP contribution in [0.1, 0.15) is 42.3 Å². The largest absolute Gasteiger partial charge is 0.493 e. The third-order valence-electron chi connectivity index (χ3n) is 5.94. The van der Waals surface area contributed by atoms with Gasteiger partial charge in [-0.05, 0) is 49.2 Å². The summed E-state index contributed by atoms with van der Waals surface area (Å²) in [5.74, 6) is 2.13. The Bertz CT molecular complexity index is 1450. The molecule has 0 amide bonds. The zero-order chi connectivity index (χ0) is 26.4. The molecule has 8 heteroatoms. The minimum absolute atomic E-state index is 0.217. The van der Waals surface area contributed by atoms with Crippen molar-refractivity contribution < 1.29 is 14.2 Å². The lowest BCUT2D eigenvalue weighted by molar-refractivity contribution is 0.266. The molecule has 4 aromatic rings. The number of benzene rings is 3. The Kier molecular flexibility index (Phi) is 8.61. The molecule has 1 aromatic heterocycles. The highest BCUT2D eigenvalue weighted by molar-refractivity contribution is 9.10. The van der Waals surface area contributed by atoms with E-state index in [1.807, 2.05) is 43.3 Å². The number of unbranched alkanes of at least 4 members (excludes halogenated alkanes) is 1. The second-order valence-electron chi connectivity index (χ2n) is 8.68. The summed E-state index contributed by atoms with van der Waals surface area (Å²) in [6.07, 6.45) is 4.14. The average molecular weight is 564 g/mol. The van der Waals surface area contributed by atoms with Crippen molar-refractivity contribution in [3.05, 3.63) is 91.9 Å². The highest BCUT2D eigenvalue weighted by Gasteiger charge is 2.15. The second-order valence-corrected chi connectivity index (χ2v) is 9.60. The molecular weight excluding hydrogens is 534 g/mol. The molecule has 0 saturated heterocycles. The maximum atomic E-state index is 13.3. The number of ether oxygens (including phenoxy) is 3. The second kappa shape index (κ2) is 12.1. The highest BCUT2D eigenvalue weighted by Crippen LogP contribution is 2.38. The molecule has 37 heavy (non-hydrogen) atoms. The number of nitrogens with zero attached hydrogens (tertiary/aromatic N) is 3. The average Bonchev–Trinajstić information content (AvgIpc) is 2.91. The summed E-state index contributed by atoms with van der Waals surface area (Å²) in [6, 6.07) is 17.2. The molecular formula is C29H30BrN3O4. The fourth-order valence-corrected chi connectivity index (χ4v) is 4.25. The van der Waals surface area contributed by atoms with E-state index in [4.69, 9.17) is 19.2 Å². The van der Waals surface area contributed by atoms with Gasteiger partial charge in [-0.2, -0.15) is 9.78 Å². The normalized spacial score (nSPS) is 11.3.